The molecule has 0 N–H and O–H groups in total. The number of halogens is 1. The van der Waals surface area contributed by atoms with E-state index in [1.54, 1.807) is 12.4 Å². The summed E-state index contributed by atoms with van der Waals surface area (Å²) in [7, 11) is 2.16. The zero-order valence-corrected chi connectivity index (χ0v) is 13.6. The molecule has 22 heavy (non-hydrogen) atoms. The van der Waals surface area contributed by atoms with Crippen molar-refractivity contribution in [3.8, 4) is 0 Å². The van der Waals surface area contributed by atoms with E-state index < -0.39 is 0 Å². The van der Waals surface area contributed by atoms with E-state index in [2.05, 4.69) is 26.5 Å². The lowest BCUT2D eigenvalue weighted by Crippen LogP contribution is -2.26. The first kappa shape index (κ1) is 14.0. The van der Waals surface area contributed by atoms with E-state index in [4.69, 9.17) is 16.6 Å². The van der Waals surface area contributed by atoms with Crippen LogP contribution < -0.4 is 4.90 Å². The van der Waals surface area contributed by atoms with Crippen LogP contribution in [0.5, 0.6) is 0 Å². The first-order valence-electron chi connectivity index (χ1n) is 8.02. The minimum absolute atomic E-state index is 0.275. The Morgan fingerprint density at radius 2 is 1.91 bits per heavy atom. The number of nitrogens with zero attached hydrogens (tertiary/aromatic N) is 5. The molecule has 5 nitrogen and oxygen atoms in total. The zero-order valence-electron chi connectivity index (χ0n) is 12.8. The van der Waals surface area contributed by atoms with E-state index >= 15 is 0 Å². The number of anilines is 1. The van der Waals surface area contributed by atoms with Crippen molar-refractivity contribution in [2.24, 2.45) is 7.05 Å². The topological polar surface area (TPSA) is 46.8 Å². The van der Waals surface area contributed by atoms with Gasteiger partial charge in [0.25, 0.3) is 0 Å². The Morgan fingerprint density at radius 3 is 2.68 bits per heavy atom. The summed E-state index contributed by atoms with van der Waals surface area (Å²) in [5.41, 5.74) is 2.72. The maximum absolute atomic E-state index is 5.91. The van der Waals surface area contributed by atoms with Crippen LogP contribution in [-0.4, -0.2) is 26.1 Å². The van der Waals surface area contributed by atoms with E-state index in [-0.39, 0.29) is 6.04 Å². The van der Waals surface area contributed by atoms with Crippen molar-refractivity contribution in [3.05, 3.63) is 34.6 Å². The van der Waals surface area contributed by atoms with Gasteiger partial charge >= 0.3 is 0 Å². The number of rotatable bonds is 2. The molecular formula is C16H20ClN5. The molecule has 2 aromatic rings. The highest BCUT2D eigenvalue weighted by molar-refractivity contribution is 6.30. The molecule has 1 atom stereocenters. The number of imidazole rings is 1. The van der Waals surface area contributed by atoms with Gasteiger partial charge in [-0.3, -0.25) is 0 Å². The van der Waals surface area contributed by atoms with Crippen molar-refractivity contribution in [2.75, 3.05) is 11.4 Å². The van der Waals surface area contributed by atoms with Crippen molar-refractivity contribution >= 4 is 17.5 Å². The molecule has 0 unspecified atom stereocenters. The smallest absolute Gasteiger partial charge is 0.225 e. The van der Waals surface area contributed by atoms with Gasteiger partial charge in [0.15, 0.2) is 0 Å². The number of hydrogen-bond acceptors (Lipinski definition) is 4. The van der Waals surface area contributed by atoms with Crippen LogP contribution in [0.3, 0.4) is 0 Å². The molecule has 3 heterocycles. The first-order valence-corrected chi connectivity index (χ1v) is 8.40. The number of aryl methyl sites for hydroxylation is 1. The number of hydrogen-bond donors (Lipinski definition) is 0. The third-order valence-corrected chi connectivity index (χ3v) is 5.02. The third kappa shape index (κ3) is 2.28. The van der Waals surface area contributed by atoms with Crippen molar-refractivity contribution in [1.82, 2.24) is 19.5 Å². The highest BCUT2D eigenvalue weighted by atomic mass is 35.5. The number of aromatic nitrogens is 4. The average Bonchev–Trinajstić information content (AvgIpc) is 3.13. The molecule has 1 saturated heterocycles. The molecule has 116 valence electrons. The summed E-state index contributed by atoms with van der Waals surface area (Å²) in [6.45, 7) is 0.976. The molecule has 0 radical (unpaired) electrons. The van der Waals surface area contributed by atoms with Crippen LogP contribution in [0.1, 0.15) is 48.9 Å². The summed E-state index contributed by atoms with van der Waals surface area (Å²) >= 11 is 5.91. The van der Waals surface area contributed by atoms with Gasteiger partial charge in [-0.25, -0.2) is 15.0 Å². The van der Waals surface area contributed by atoms with Crippen molar-refractivity contribution in [3.63, 3.8) is 0 Å². The summed E-state index contributed by atoms with van der Waals surface area (Å²) < 4.78 is 2.31. The Labute approximate surface area is 135 Å². The van der Waals surface area contributed by atoms with Gasteiger partial charge < -0.3 is 9.47 Å². The molecular weight excluding hydrogens is 298 g/mol. The Bertz CT molecular complexity index is 679. The second-order valence-corrected chi connectivity index (χ2v) is 6.62. The molecule has 4 rings (SSSR count). The van der Waals surface area contributed by atoms with Gasteiger partial charge in [-0.2, -0.15) is 0 Å². The van der Waals surface area contributed by atoms with Crippen LogP contribution >= 0.6 is 11.6 Å². The minimum atomic E-state index is 0.275. The first-order chi connectivity index (χ1) is 10.7. The van der Waals surface area contributed by atoms with Crippen LogP contribution in [0, 0.1) is 0 Å². The second kappa shape index (κ2) is 5.54. The number of fused-ring (bicyclic) bond motifs is 1. The summed E-state index contributed by atoms with van der Waals surface area (Å²) in [6, 6.07) is 0.275. The van der Waals surface area contributed by atoms with Crippen LogP contribution in [0.2, 0.25) is 5.02 Å². The summed E-state index contributed by atoms with van der Waals surface area (Å²) in [5, 5.41) is 0.576. The van der Waals surface area contributed by atoms with E-state index in [0.29, 0.717) is 5.02 Å². The average molecular weight is 318 g/mol. The Kier molecular flexibility index (Phi) is 3.53. The van der Waals surface area contributed by atoms with Gasteiger partial charge in [0.2, 0.25) is 5.95 Å². The second-order valence-electron chi connectivity index (χ2n) is 6.18. The molecule has 0 saturated carbocycles. The molecule has 1 fully saturated rings. The summed E-state index contributed by atoms with van der Waals surface area (Å²) in [5.74, 6) is 1.93. The quantitative estimate of drug-likeness (QED) is 0.854. The van der Waals surface area contributed by atoms with Crippen molar-refractivity contribution < 1.29 is 0 Å². The fourth-order valence-corrected chi connectivity index (χ4v) is 3.83. The maximum atomic E-state index is 5.91. The van der Waals surface area contributed by atoms with Gasteiger partial charge in [-0.15, -0.1) is 0 Å². The fraction of sp³-hybridized carbons (Fsp3) is 0.562. The van der Waals surface area contributed by atoms with Gasteiger partial charge in [-0.05, 0) is 38.5 Å². The predicted octanol–water partition coefficient (Wildman–Crippen LogP) is 3.08. The van der Waals surface area contributed by atoms with E-state index in [9.17, 15) is 0 Å². The van der Waals surface area contributed by atoms with E-state index in [1.807, 2.05) is 0 Å². The highest BCUT2D eigenvalue weighted by Gasteiger charge is 2.32. The van der Waals surface area contributed by atoms with Crippen LogP contribution in [0.15, 0.2) is 12.4 Å². The molecule has 6 heteroatoms. The highest BCUT2D eigenvalue weighted by Crippen LogP contribution is 2.35. The lowest BCUT2D eigenvalue weighted by molar-refractivity contribution is 0.604. The molecule has 1 aliphatic carbocycles. The molecule has 0 bridgehead atoms. The largest absolute Gasteiger partial charge is 0.333 e. The maximum Gasteiger partial charge on any atom is 0.225 e. The molecule has 1 aliphatic heterocycles. The Morgan fingerprint density at radius 1 is 1.14 bits per heavy atom. The van der Waals surface area contributed by atoms with Crippen molar-refractivity contribution in [2.45, 2.75) is 44.6 Å². The third-order valence-electron chi connectivity index (χ3n) is 4.82. The molecule has 2 aromatic heterocycles. The zero-order chi connectivity index (χ0) is 15.1. The lowest BCUT2D eigenvalue weighted by atomic mass is 10.0. The Hall–Kier alpha value is -1.62. The van der Waals surface area contributed by atoms with Gasteiger partial charge in [0, 0.05) is 19.3 Å². The monoisotopic (exact) mass is 317 g/mol. The normalized spacial score (nSPS) is 21.2. The van der Waals surface area contributed by atoms with E-state index in [1.165, 1.54) is 30.1 Å². The van der Waals surface area contributed by atoms with Crippen LogP contribution in [0.4, 0.5) is 5.95 Å². The molecule has 2 aliphatic rings. The predicted molar refractivity (Wildman–Crippen MR) is 86.2 cm³/mol. The summed E-state index contributed by atoms with van der Waals surface area (Å²) in [6.07, 6.45) is 10.4. The van der Waals surface area contributed by atoms with Crippen LogP contribution in [0.25, 0.3) is 0 Å². The molecule has 0 amide bonds. The fourth-order valence-electron chi connectivity index (χ4n) is 3.73. The standard InChI is InChI=1S/C16H20ClN5/c1-21-13-6-3-2-5-12(13)20-15(21)14-7-4-8-22(14)16-18-9-11(17)10-19-16/h9-10,14H,2-8H2,1H3/t14-/m0/s1. The molecule has 0 spiro atoms. The van der Waals surface area contributed by atoms with Gasteiger partial charge in [0.05, 0.1) is 29.2 Å². The van der Waals surface area contributed by atoms with Gasteiger partial charge in [-0.1, -0.05) is 11.6 Å². The van der Waals surface area contributed by atoms with E-state index in [0.717, 1.165) is 38.2 Å². The SMILES string of the molecule is Cn1c([C@@H]2CCCN2c2ncc(Cl)cn2)nc2c1CCCC2. The lowest BCUT2D eigenvalue weighted by Gasteiger charge is -2.24. The minimum Gasteiger partial charge on any atom is -0.333 e. The summed E-state index contributed by atoms with van der Waals surface area (Å²) in [4.78, 5) is 16.0. The van der Waals surface area contributed by atoms with Crippen molar-refractivity contribution in [1.29, 1.82) is 0 Å². The van der Waals surface area contributed by atoms with Crippen LogP contribution in [-0.2, 0) is 19.9 Å². The molecule has 0 aromatic carbocycles. The van der Waals surface area contributed by atoms with Gasteiger partial charge in [0.1, 0.15) is 5.82 Å². The Balaban J connectivity index is 1.69.